The maximum Gasteiger partial charge on any atom is 0.274 e. The zero-order valence-corrected chi connectivity index (χ0v) is 11.5. The molecule has 0 radical (unpaired) electrons. The number of rotatable bonds is 4. The number of halogens is 1. The Labute approximate surface area is 117 Å². The van der Waals surface area contributed by atoms with Gasteiger partial charge in [-0.1, -0.05) is 12.8 Å². The third-order valence-electron chi connectivity index (χ3n) is 3.92. The maximum absolute atomic E-state index is 13.3. The van der Waals surface area contributed by atoms with E-state index in [4.69, 9.17) is 0 Å². The Kier molecular flexibility index (Phi) is 4.67. The molecule has 1 aliphatic rings. The van der Waals surface area contributed by atoms with Gasteiger partial charge in [-0.2, -0.15) is 0 Å². The minimum absolute atomic E-state index is 0.0216. The molecule has 0 saturated heterocycles. The van der Waals surface area contributed by atoms with E-state index >= 15 is 0 Å². The second kappa shape index (κ2) is 6.28. The molecule has 110 valence electrons. The fraction of sp³-hybridized carbons (Fsp3) is 0.571. The van der Waals surface area contributed by atoms with Crippen molar-refractivity contribution in [3.63, 3.8) is 0 Å². The van der Waals surface area contributed by atoms with Crippen molar-refractivity contribution in [1.29, 1.82) is 0 Å². The Morgan fingerprint density at radius 3 is 2.80 bits per heavy atom. The first-order valence-electron chi connectivity index (χ1n) is 6.80. The summed E-state index contributed by atoms with van der Waals surface area (Å²) in [6, 6.07) is 3.46. The van der Waals surface area contributed by atoms with Crippen LogP contribution in [0.25, 0.3) is 0 Å². The van der Waals surface area contributed by atoms with Crippen LogP contribution in [0.4, 0.5) is 10.1 Å². The van der Waals surface area contributed by atoms with Gasteiger partial charge in [0.1, 0.15) is 5.82 Å². The molecule has 2 atom stereocenters. The summed E-state index contributed by atoms with van der Waals surface area (Å²) >= 11 is 0. The molecule has 1 N–H and O–H groups in total. The zero-order chi connectivity index (χ0) is 14.7. The van der Waals surface area contributed by atoms with Crippen LogP contribution in [0.2, 0.25) is 0 Å². The lowest BCUT2D eigenvalue weighted by atomic mass is 9.91. The van der Waals surface area contributed by atoms with Crippen LogP contribution in [-0.2, 0) is 6.54 Å². The second-order valence-electron chi connectivity index (χ2n) is 5.36. The maximum atomic E-state index is 13.3. The number of nitrogens with zero attached hydrogens (tertiary/aromatic N) is 2. The Bertz CT molecular complexity index is 495. The van der Waals surface area contributed by atoms with Gasteiger partial charge in [0.05, 0.1) is 11.0 Å². The van der Waals surface area contributed by atoms with Crippen LogP contribution in [0.3, 0.4) is 0 Å². The molecule has 2 rings (SSSR count). The molecule has 1 saturated carbocycles. The van der Waals surface area contributed by atoms with Gasteiger partial charge in [0, 0.05) is 24.2 Å². The first kappa shape index (κ1) is 14.9. The fourth-order valence-electron chi connectivity index (χ4n) is 2.85. The minimum Gasteiger partial charge on any atom is -0.391 e. The summed E-state index contributed by atoms with van der Waals surface area (Å²) in [4.78, 5) is 12.4. The monoisotopic (exact) mass is 282 g/mol. The average Bonchev–Trinajstić information content (AvgIpc) is 2.38. The van der Waals surface area contributed by atoms with Gasteiger partial charge in [-0.15, -0.1) is 0 Å². The molecule has 2 unspecified atom stereocenters. The van der Waals surface area contributed by atoms with Crippen LogP contribution in [0.15, 0.2) is 18.2 Å². The summed E-state index contributed by atoms with van der Waals surface area (Å²) in [5, 5.41) is 21.0. The van der Waals surface area contributed by atoms with Crippen molar-refractivity contribution in [2.24, 2.45) is 0 Å². The molecule has 6 heteroatoms. The van der Waals surface area contributed by atoms with E-state index in [0.29, 0.717) is 5.56 Å². The van der Waals surface area contributed by atoms with Gasteiger partial charge in [0.25, 0.3) is 5.69 Å². The summed E-state index contributed by atoms with van der Waals surface area (Å²) in [6.07, 6.45) is 3.24. The SMILES string of the molecule is CN(Cc1cc(F)ccc1[N+](=O)[O-])C1CCCCC1O. The van der Waals surface area contributed by atoms with Crippen LogP contribution >= 0.6 is 0 Å². The molecular formula is C14H19FN2O3. The smallest absolute Gasteiger partial charge is 0.274 e. The van der Waals surface area contributed by atoms with E-state index in [1.807, 2.05) is 11.9 Å². The predicted octanol–water partition coefficient (Wildman–Crippen LogP) is 2.47. The molecular weight excluding hydrogens is 263 g/mol. The first-order chi connectivity index (χ1) is 9.49. The third-order valence-corrected chi connectivity index (χ3v) is 3.92. The van der Waals surface area contributed by atoms with E-state index in [9.17, 15) is 19.6 Å². The van der Waals surface area contributed by atoms with Crippen molar-refractivity contribution in [2.45, 2.75) is 44.4 Å². The molecule has 0 aromatic heterocycles. The number of benzene rings is 1. The van der Waals surface area contributed by atoms with Crippen molar-refractivity contribution < 1.29 is 14.4 Å². The molecule has 5 nitrogen and oxygen atoms in total. The van der Waals surface area contributed by atoms with Crippen LogP contribution in [0.5, 0.6) is 0 Å². The number of nitro groups is 1. The molecule has 1 aromatic rings. The van der Waals surface area contributed by atoms with E-state index in [1.54, 1.807) is 0 Å². The van der Waals surface area contributed by atoms with Crippen molar-refractivity contribution in [3.8, 4) is 0 Å². The molecule has 0 amide bonds. The van der Waals surface area contributed by atoms with Gasteiger partial charge in [-0.05, 0) is 32.0 Å². The molecule has 0 bridgehead atoms. The Morgan fingerprint density at radius 2 is 2.15 bits per heavy atom. The fourth-order valence-corrected chi connectivity index (χ4v) is 2.85. The highest BCUT2D eigenvalue weighted by molar-refractivity contribution is 5.40. The lowest BCUT2D eigenvalue weighted by Crippen LogP contribution is -2.42. The third kappa shape index (κ3) is 3.32. The van der Waals surface area contributed by atoms with Crippen molar-refractivity contribution in [1.82, 2.24) is 4.90 Å². The topological polar surface area (TPSA) is 66.6 Å². The molecule has 20 heavy (non-hydrogen) atoms. The summed E-state index contributed by atoms with van der Waals surface area (Å²) in [5.74, 6) is -0.483. The van der Waals surface area contributed by atoms with Crippen molar-refractivity contribution >= 4 is 5.69 Å². The van der Waals surface area contributed by atoms with Gasteiger partial charge < -0.3 is 5.11 Å². The van der Waals surface area contributed by atoms with Crippen LogP contribution < -0.4 is 0 Å². The highest BCUT2D eigenvalue weighted by atomic mass is 19.1. The molecule has 1 aromatic carbocycles. The van der Waals surface area contributed by atoms with Gasteiger partial charge in [-0.3, -0.25) is 15.0 Å². The standard InChI is InChI=1S/C14H19FN2O3/c1-16(13-4-2-3-5-14(13)18)9-10-8-11(15)6-7-12(10)17(19)20/h6-8,13-14,18H,2-5,9H2,1H3. The Balaban J connectivity index is 2.16. The van der Waals surface area contributed by atoms with Crippen molar-refractivity contribution in [2.75, 3.05) is 7.05 Å². The highest BCUT2D eigenvalue weighted by Gasteiger charge is 2.28. The molecule has 0 heterocycles. The van der Waals surface area contributed by atoms with Crippen molar-refractivity contribution in [3.05, 3.63) is 39.7 Å². The zero-order valence-electron chi connectivity index (χ0n) is 11.5. The summed E-state index contributed by atoms with van der Waals surface area (Å²) in [7, 11) is 1.81. The van der Waals surface area contributed by atoms with Gasteiger partial charge >= 0.3 is 0 Å². The number of aliphatic hydroxyl groups is 1. The quantitative estimate of drug-likeness (QED) is 0.680. The lowest BCUT2D eigenvalue weighted by Gasteiger charge is -2.35. The second-order valence-corrected chi connectivity index (χ2v) is 5.36. The number of hydrogen-bond acceptors (Lipinski definition) is 4. The highest BCUT2D eigenvalue weighted by Crippen LogP contribution is 2.26. The van der Waals surface area contributed by atoms with E-state index in [2.05, 4.69) is 0 Å². The summed E-state index contributed by atoms with van der Waals surface area (Å²) < 4.78 is 13.3. The van der Waals surface area contributed by atoms with Crippen LogP contribution in [0.1, 0.15) is 31.2 Å². The summed E-state index contributed by atoms with van der Waals surface area (Å²) in [6.45, 7) is 0.260. The summed E-state index contributed by atoms with van der Waals surface area (Å²) in [5.41, 5.74) is 0.263. The minimum atomic E-state index is -0.500. The number of hydrogen-bond donors (Lipinski definition) is 1. The molecule has 0 aliphatic heterocycles. The molecule has 0 spiro atoms. The largest absolute Gasteiger partial charge is 0.391 e. The Hall–Kier alpha value is -1.53. The van der Waals surface area contributed by atoms with E-state index in [-0.39, 0.29) is 18.3 Å². The van der Waals surface area contributed by atoms with E-state index in [1.165, 1.54) is 12.1 Å². The van der Waals surface area contributed by atoms with Crippen LogP contribution in [0, 0.1) is 15.9 Å². The van der Waals surface area contributed by atoms with Gasteiger partial charge in [0.2, 0.25) is 0 Å². The van der Waals surface area contributed by atoms with Gasteiger partial charge in [0.15, 0.2) is 0 Å². The molecule has 1 aliphatic carbocycles. The van der Waals surface area contributed by atoms with Crippen LogP contribution in [-0.4, -0.2) is 34.1 Å². The molecule has 1 fully saturated rings. The number of likely N-dealkylation sites (N-methyl/N-ethyl adjacent to an activating group) is 1. The predicted molar refractivity (Wildman–Crippen MR) is 72.8 cm³/mol. The van der Waals surface area contributed by atoms with E-state index < -0.39 is 16.8 Å². The Morgan fingerprint density at radius 1 is 1.45 bits per heavy atom. The van der Waals surface area contributed by atoms with Gasteiger partial charge in [-0.25, -0.2) is 4.39 Å². The van der Waals surface area contributed by atoms with E-state index in [0.717, 1.165) is 31.7 Å². The number of aliphatic hydroxyl groups excluding tert-OH is 1. The first-order valence-corrected chi connectivity index (χ1v) is 6.80. The lowest BCUT2D eigenvalue weighted by molar-refractivity contribution is -0.385. The number of nitro benzene ring substituents is 1. The average molecular weight is 282 g/mol. The normalized spacial score (nSPS) is 23.0.